The second-order valence-corrected chi connectivity index (χ2v) is 8.35. The average molecular weight is 452 g/mol. The van der Waals surface area contributed by atoms with E-state index in [-0.39, 0.29) is 5.92 Å². The molecule has 0 aliphatic heterocycles. The maximum Gasteiger partial charge on any atom is 0.267 e. The van der Waals surface area contributed by atoms with E-state index in [1.54, 1.807) is 11.6 Å². The van der Waals surface area contributed by atoms with Crippen LogP contribution in [0.4, 0.5) is 0 Å². The zero-order valence-corrected chi connectivity index (χ0v) is 19.2. The Morgan fingerprint density at radius 1 is 1.03 bits per heavy atom. The summed E-state index contributed by atoms with van der Waals surface area (Å²) in [6, 6.07) is 26.6. The topological polar surface area (TPSA) is 89.0 Å². The highest BCUT2D eigenvalue weighted by atomic mass is 16.5. The molecule has 0 spiro atoms. The summed E-state index contributed by atoms with van der Waals surface area (Å²) in [6.07, 6.45) is 5.24. The molecule has 1 atom stereocenters. The molecule has 4 N–H and O–H groups in total. The number of amides is 1. The maximum atomic E-state index is 11.2. The van der Waals surface area contributed by atoms with Crippen LogP contribution < -0.4 is 5.48 Å². The van der Waals surface area contributed by atoms with E-state index in [0.717, 1.165) is 46.5 Å². The number of fused-ring (bicyclic) bond motifs is 1. The second-order valence-electron chi connectivity index (χ2n) is 8.35. The predicted octanol–water partition coefficient (Wildman–Crippen LogP) is 6.50. The number of aromatic nitrogens is 1. The zero-order valence-electron chi connectivity index (χ0n) is 19.2. The van der Waals surface area contributed by atoms with Crippen LogP contribution in [0.1, 0.15) is 42.4 Å². The van der Waals surface area contributed by atoms with Gasteiger partial charge >= 0.3 is 0 Å². The summed E-state index contributed by atoms with van der Waals surface area (Å²) >= 11 is 0. The Morgan fingerprint density at radius 3 is 2.44 bits per heavy atom. The van der Waals surface area contributed by atoms with Crippen molar-refractivity contribution in [3.8, 4) is 11.3 Å². The summed E-state index contributed by atoms with van der Waals surface area (Å²) in [5, 5.41) is 18.7. The minimum absolute atomic E-state index is 0.0455. The van der Waals surface area contributed by atoms with Crippen molar-refractivity contribution in [2.75, 3.05) is 0 Å². The third-order valence-corrected chi connectivity index (χ3v) is 6.23. The lowest BCUT2D eigenvalue weighted by Gasteiger charge is -2.17. The molecule has 5 heteroatoms. The first-order valence-corrected chi connectivity index (χ1v) is 11.5. The van der Waals surface area contributed by atoms with Crippen LogP contribution in [0.3, 0.4) is 0 Å². The molecule has 4 rings (SSSR count). The average Bonchev–Trinajstić information content (AvgIpc) is 3.26. The molecular weight excluding hydrogens is 422 g/mol. The van der Waals surface area contributed by atoms with E-state index in [2.05, 4.69) is 54.4 Å². The van der Waals surface area contributed by atoms with E-state index in [9.17, 15) is 4.79 Å². The highest BCUT2D eigenvalue weighted by molar-refractivity contribution is 5.93. The third-order valence-electron chi connectivity index (χ3n) is 6.23. The molecule has 0 fully saturated rings. The van der Waals surface area contributed by atoms with Gasteiger partial charge in [0.25, 0.3) is 5.91 Å². The zero-order chi connectivity index (χ0) is 23.9. The van der Waals surface area contributed by atoms with Crippen LogP contribution in [0.5, 0.6) is 0 Å². The van der Waals surface area contributed by atoms with Gasteiger partial charge in [-0.05, 0) is 53.7 Å². The van der Waals surface area contributed by atoms with Gasteiger partial charge in [0.15, 0.2) is 0 Å². The molecule has 0 saturated heterocycles. The van der Waals surface area contributed by atoms with Crippen molar-refractivity contribution in [1.82, 2.24) is 10.5 Å². The lowest BCUT2D eigenvalue weighted by molar-refractivity contribution is -0.124. The molecule has 0 aliphatic carbocycles. The van der Waals surface area contributed by atoms with Crippen LogP contribution in [-0.2, 0) is 11.2 Å². The fraction of sp³-hybridized carbons (Fsp3) is 0.172. The molecule has 0 aliphatic rings. The van der Waals surface area contributed by atoms with Gasteiger partial charge in [-0.15, -0.1) is 0 Å². The Kier molecular flexibility index (Phi) is 7.35. The summed E-state index contributed by atoms with van der Waals surface area (Å²) in [4.78, 5) is 14.8. The highest BCUT2D eigenvalue weighted by Crippen LogP contribution is 2.32. The molecule has 1 aromatic heterocycles. The Balaban J connectivity index is 1.53. The molecule has 0 radical (unpaired) electrons. The Bertz CT molecular complexity index is 1300. The van der Waals surface area contributed by atoms with Gasteiger partial charge in [-0.3, -0.25) is 10.0 Å². The van der Waals surface area contributed by atoms with Crippen molar-refractivity contribution in [3.63, 3.8) is 0 Å². The van der Waals surface area contributed by atoms with Gasteiger partial charge in [0.2, 0.25) is 0 Å². The number of carbonyl (C=O) groups is 1. The molecule has 3 aromatic carbocycles. The van der Waals surface area contributed by atoms with Crippen LogP contribution >= 0.6 is 0 Å². The number of carbonyl (C=O) groups excluding carboxylic acids is 1. The maximum absolute atomic E-state index is 11.2. The van der Waals surface area contributed by atoms with E-state index in [1.165, 1.54) is 17.0 Å². The van der Waals surface area contributed by atoms with Gasteiger partial charge in [-0.2, -0.15) is 0 Å². The monoisotopic (exact) mass is 451 g/mol. The van der Waals surface area contributed by atoms with E-state index in [0.29, 0.717) is 6.42 Å². The van der Waals surface area contributed by atoms with Crippen LogP contribution in [-0.4, -0.2) is 21.8 Å². The SMILES string of the molecule is CCC(C(=N)CCc1c(-c2ccccc2)[nH]c2ccccc12)c1ccc(/C=C/C(=O)NO)cc1. The van der Waals surface area contributed by atoms with E-state index in [4.69, 9.17) is 10.6 Å². The molecule has 1 amide bonds. The predicted molar refractivity (Wildman–Crippen MR) is 138 cm³/mol. The first-order valence-electron chi connectivity index (χ1n) is 11.5. The number of aromatic amines is 1. The number of hydrogen-bond acceptors (Lipinski definition) is 3. The van der Waals surface area contributed by atoms with Crippen LogP contribution in [0.25, 0.3) is 28.2 Å². The number of para-hydroxylation sites is 1. The van der Waals surface area contributed by atoms with E-state index >= 15 is 0 Å². The summed E-state index contributed by atoms with van der Waals surface area (Å²) < 4.78 is 0. The molecule has 0 bridgehead atoms. The van der Waals surface area contributed by atoms with Crippen LogP contribution in [0.2, 0.25) is 0 Å². The molecule has 34 heavy (non-hydrogen) atoms. The number of benzene rings is 3. The summed E-state index contributed by atoms with van der Waals surface area (Å²) in [7, 11) is 0. The van der Waals surface area contributed by atoms with Crippen LogP contribution in [0.15, 0.2) is 84.9 Å². The Hall–Kier alpha value is -3.96. The standard InChI is InChI=1S/C29H29N3O2/c1-2-23(21-15-12-20(13-16-21)14-19-28(33)32-34)26(30)18-17-25-24-10-6-7-11-27(24)31-29(25)22-8-4-3-5-9-22/h3-16,19,23,30-31,34H,2,17-18H2,1H3,(H,32,33)/b19-14+,30-26?. The van der Waals surface area contributed by atoms with Crippen molar-refractivity contribution < 1.29 is 10.0 Å². The number of nitrogens with one attached hydrogen (secondary N) is 3. The van der Waals surface area contributed by atoms with Crippen molar-refractivity contribution in [2.24, 2.45) is 0 Å². The van der Waals surface area contributed by atoms with E-state index in [1.807, 2.05) is 36.4 Å². The summed E-state index contributed by atoms with van der Waals surface area (Å²) in [5.74, 6) is -0.520. The quantitative estimate of drug-likeness (QED) is 0.101. The van der Waals surface area contributed by atoms with Crippen molar-refractivity contribution in [3.05, 3.63) is 102 Å². The van der Waals surface area contributed by atoms with E-state index < -0.39 is 5.91 Å². The summed E-state index contributed by atoms with van der Waals surface area (Å²) in [5.41, 5.74) is 8.92. The number of hydrogen-bond donors (Lipinski definition) is 4. The highest BCUT2D eigenvalue weighted by Gasteiger charge is 2.18. The summed E-state index contributed by atoms with van der Waals surface area (Å²) in [6.45, 7) is 2.11. The van der Waals surface area contributed by atoms with Gasteiger partial charge < -0.3 is 10.4 Å². The fourth-order valence-electron chi connectivity index (χ4n) is 4.48. The molecule has 4 aromatic rings. The Labute approximate surface area is 199 Å². The van der Waals surface area contributed by atoms with Crippen molar-refractivity contribution in [1.29, 1.82) is 5.41 Å². The van der Waals surface area contributed by atoms with Gasteiger partial charge in [-0.25, -0.2) is 5.48 Å². The van der Waals surface area contributed by atoms with Crippen LogP contribution in [0, 0.1) is 5.41 Å². The number of hydroxylamine groups is 1. The van der Waals surface area contributed by atoms with Crippen molar-refractivity contribution in [2.45, 2.75) is 32.1 Å². The molecule has 172 valence electrons. The smallest absolute Gasteiger partial charge is 0.267 e. The lowest BCUT2D eigenvalue weighted by atomic mass is 9.87. The normalized spacial score (nSPS) is 12.2. The molecule has 1 heterocycles. The largest absolute Gasteiger partial charge is 0.354 e. The number of H-pyrrole nitrogens is 1. The second kappa shape index (κ2) is 10.8. The Morgan fingerprint density at radius 2 is 1.74 bits per heavy atom. The lowest BCUT2D eigenvalue weighted by Crippen LogP contribution is -2.14. The fourth-order valence-corrected chi connectivity index (χ4v) is 4.48. The first-order chi connectivity index (χ1) is 16.6. The molecule has 1 unspecified atom stereocenters. The van der Waals surface area contributed by atoms with Gasteiger partial charge in [0.1, 0.15) is 0 Å². The minimum Gasteiger partial charge on any atom is -0.354 e. The molecule has 5 nitrogen and oxygen atoms in total. The molecule has 0 saturated carbocycles. The third kappa shape index (κ3) is 5.16. The molecular formula is C29H29N3O2. The first kappa shape index (κ1) is 23.2. The number of rotatable bonds is 9. The van der Waals surface area contributed by atoms with Gasteiger partial charge in [0.05, 0.1) is 0 Å². The van der Waals surface area contributed by atoms with Gasteiger partial charge in [-0.1, -0.05) is 79.7 Å². The van der Waals surface area contributed by atoms with Gasteiger partial charge in [0, 0.05) is 34.3 Å². The van der Waals surface area contributed by atoms with Crippen molar-refractivity contribution >= 4 is 28.6 Å². The number of aryl methyl sites for hydroxylation is 1. The minimum atomic E-state index is -0.565.